The molecule has 0 saturated carbocycles. The van der Waals surface area contributed by atoms with Gasteiger partial charge in [-0.1, -0.05) is 39.8 Å². The molecule has 1 saturated heterocycles. The normalized spacial score (nSPS) is 15.3. The smallest absolute Gasteiger partial charge is 0.146 e. The number of hydrogen-bond acceptors (Lipinski definition) is 1. The van der Waals surface area contributed by atoms with E-state index in [4.69, 9.17) is 0 Å². The lowest BCUT2D eigenvalue weighted by Crippen LogP contribution is -2.47. The maximum absolute atomic E-state index is 13.4. The SMILES string of the molecule is CC.CC(C)CC1CN(c2ccccc2F)C1. The van der Waals surface area contributed by atoms with Crippen molar-refractivity contribution in [1.82, 2.24) is 0 Å². The maximum Gasteiger partial charge on any atom is 0.146 e. The van der Waals surface area contributed by atoms with Gasteiger partial charge in [-0.15, -0.1) is 0 Å². The number of nitrogens with zero attached hydrogens (tertiary/aromatic N) is 1. The van der Waals surface area contributed by atoms with Crippen LogP contribution < -0.4 is 4.90 Å². The zero-order valence-corrected chi connectivity index (χ0v) is 11.4. The summed E-state index contributed by atoms with van der Waals surface area (Å²) in [6.45, 7) is 10.5. The molecule has 1 nitrogen and oxygen atoms in total. The minimum atomic E-state index is -0.0968. The van der Waals surface area contributed by atoms with Crippen molar-refractivity contribution >= 4 is 5.69 Å². The third-order valence-electron chi connectivity index (χ3n) is 2.96. The minimum absolute atomic E-state index is 0.0968. The van der Waals surface area contributed by atoms with Crippen LogP contribution in [0.4, 0.5) is 10.1 Å². The van der Waals surface area contributed by atoms with Crippen LogP contribution >= 0.6 is 0 Å². The summed E-state index contributed by atoms with van der Waals surface area (Å²) in [5.74, 6) is 1.41. The first kappa shape index (κ1) is 14.0. The summed E-state index contributed by atoms with van der Waals surface area (Å²) in [7, 11) is 0. The summed E-state index contributed by atoms with van der Waals surface area (Å²) in [6.07, 6.45) is 1.25. The van der Waals surface area contributed by atoms with E-state index in [1.165, 1.54) is 12.5 Å². The van der Waals surface area contributed by atoms with Gasteiger partial charge in [0.15, 0.2) is 0 Å². The number of benzene rings is 1. The Morgan fingerprint density at radius 1 is 1.24 bits per heavy atom. The summed E-state index contributed by atoms with van der Waals surface area (Å²) < 4.78 is 13.4. The molecule has 0 amide bonds. The van der Waals surface area contributed by atoms with Crippen LogP contribution in [0.2, 0.25) is 0 Å². The maximum atomic E-state index is 13.4. The molecular formula is C15H24FN. The van der Waals surface area contributed by atoms with E-state index in [0.29, 0.717) is 0 Å². The van der Waals surface area contributed by atoms with Gasteiger partial charge in [-0.2, -0.15) is 0 Å². The fourth-order valence-electron chi connectivity index (χ4n) is 2.29. The molecule has 0 N–H and O–H groups in total. The zero-order chi connectivity index (χ0) is 12.8. The zero-order valence-electron chi connectivity index (χ0n) is 11.4. The molecule has 0 radical (unpaired) electrons. The molecule has 96 valence electrons. The van der Waals surface area contributed by atoms with Crippen molar-refractivity contribution in [2.24, 2.45) is 11.8 Å². The molecule has 1 aromatic carbocycles. The van der Waals surface area contributed by atoms with Crippen molar-refractivity contribution < 1.29 is 4.39 Å². The molecule has 2 heteroatoms. The minimum Gasteiger partial charge on any atom is -0.368 e. The van der Waals surface area contributed by atoms with Crippen molar-refractivity contribution in [1.29, 1.82) is 0 Å². The van der Waals surface area contributed by atoms with Crippen molar-refractivity contribution in [3.05, 3.63) is 30.1 Å². The summed E-state index contributed by atoms with van der Waals surface area (Å²) >= 11 is 0. The van der Waals surface area contributed by atoms with Crippen molar-refractivity contribution in [2.45, 2.75) is 34.1 Å². The summed E-state index contributed by atoms with van der Waals surface area (Å²) in [4.78, 5) is 2.13. The van der Waals surface area contributed by atoms with E-state index in [9.17, 15) is 4.39 Å². The predicted molar refractivity (Wildman–Crippen MR) is 72.9 cm³/mol. The van der Waals surface area contributed by atoms with E-state index in [1.54, 1.807) is 6.07 Å². The van der Waals surface area contributed by atoms with Crippen LogP contribution in [0.25, 0.3) is 0 Å². The first-order chi connectivity index (χ1) is 8.16. The van der Waals surface area contributed by atoms with Crippen molar-refractivity contribution in [3.8, 4) is 0 Å². The number of hydrogen-bond donors (Lipinski definition) is 0. The van der Waals surface area contributed by atoms with Gasteiger partial charge in [0, 0.05) is 13.1 Å². The standard InChI is InChI=1S/C13H18FN.C2H6/c1-10(2)7-11-8-15(9-11)13-6-4-3-5-12(13)14;1-2/h3-6,10-11H,7-9H2,1-2H3;1-2H3. The molecular weight excluding hydrogens is 213 g/mol. The average Bonchev–Trinajstić information content (AvgIpc) is 2.27. The van der Waals surface area contributed by atoms with Gasteiger partial charge in [0.05, 0.1) is 5.69 Å². The first-order valence-electron chi connectivity index (χ1n) is 6.66. The highest BCUT2D eigenvalue weighted by atomic mass is 19.1. The third-order valence-corrected chi connectivity index (χ3v) is 2.96. The van der Waals surface area contributed by atoms with Crippen LogP contribution in [-0.2, 0) is 0 Å². The van der Waals surface area contributed by atoms with E-state index in [2.05, 4.69) is 18.7 Å². The van der Waals surface area contributed by atoms with Gasteiger partial charge >= 0.3 is 0 Å². The number of halogens is 1. The fraction of sp³-hybridized carbons (Fsp3) is 0.600. The molecule has 1 aromatic rings. The summed E-state index contributed by atoms with van der Waals surface area (Å²) in [5.41, 5.74) is 0.762. The van der Waals surface area contributed by atoms with Crippen molar-refractivity contribution in [3.63, 3.8) is 0 Å². The number of rotatable bonds is 3. The molecule has 0 aliphatic carbocycles. The average molecular weight is 237 g/mol. The molecule has 2 rings (SSSR count). The Bertz CT molecular complexity index is 329. The van der Waals surface area contributed by atoms with E-state index in [1.807, 2.05) is 26.0 Å². The molecule has 1 fully saturated rings. The van der Waals surface area contributed by atoms with E-state index < -0.39 is 0 Å². The van der Waals surface area contributed by atoms with E-state index in [0.717, 1.165) is 30.6 Å². The fourth-order valence-corrected chi connectivity index (χ4v) is 2.29. The molecule has 0 unspecified atom stereocenters. The molecule has 0 bridgehead atoms. The van der Waals surface area contributed by atoms with E-state index in [-0.39, 0.29) is 5.82 Å². The highest BCUT2D eigenvalue weighted by Crippen LogP contribution is 2.29. The topological polar surface area (TPSA) is 3.24 Å². The summed E-state index contributed by atoms with van der Waals surface area (Å²) in [5, 5.41) is 0. The molecule has 17 heavy (non-hydrogen) atoms. The lowest BCUT2D eigenvalue weighted by Gasteiger charge is -2.42. The lowest BCUT2D eigenvalue weighted by molar-refractivity contribution is 0.335. The van der Waals surface area contributed by atoms with Gasteiger partial charge in [-0.3, -0.25) is 0 Å². The molecule has 0 spiro atoms. The first-order valence-corrected chi connectivity index (χ1v) is 6.66. The Balaban J connectivity index is 0.000000686. The van der Waals surface area contributed by atoms with Crippen LogP contribution in [0.15, 0.2) is 24.3 Å². The largest absolute Gasteiger partial charge is 0.368 e. The van der Waals surface area contributed by atoms with Gasteiger partial charge in [0.1, 0.15) is 5.82 Å². The van der Waals surface area contributed by atoms with Gasteiger partial charge < -0.3 is 4.90 Å². The Kier molecular flexibility index (Phi) is 5.46. The second kappa shape index (κ2) is 6.63. The Labute approximate surface area is 105 Å². The highest BCUT2D eigenvalue weighted by Gasteiger charge is 2.28. The molecule has 0 atom stereocenters. The quantitative estimate of drug-likeness (QED) is 0.756. The van der Waals surface area contributed by atoms with Crippen LogP contribution in [0, 0.1) is 17.7 Å². The van der Waals surface area contributed by atoms with Crippen LogP contribution in [0.5, 0.6) is 0 Å². The second-order valence-corrected chi connectivity index (χ2v) is 4.85. The Morgan fingerprint density at radius 3 is 2.35 bits per heavy atom. The van der Waals surface area contributed by atoms with Gasteiger partial charge in [0.2, 0.25) is 0 Å². The highest BCUT2D eigenvalue weighted by molar-refractivity contribution is 5.49. The lowest BCUT2D eigenvalue weighted by atomic mass is 9.90. The Hall–Kier alpha value is -1.05. The number of anilines is 1. The molecule has 1 heterocycles. The monoisotopic (exact) mass is 237 g/mol. The number of para-hydroxylation sites is 1. The van der Waals surface area contributed by atoms with Gasteiger partial charge in [0.25, 0.3) is 0 Å². The van der Waals surface area contributed by atoms with Crippen molar-refractivity contribution in [2.75, 3.05) is 18.0 Å². The van der Waals surface area contributed by atoms with E-state index >= 15 is 0 Å². The van der Waals surface area contributed by atoms with Crippen LogP contribution in [0.1, 0.15) is 34.1 Å². The molecule has 1 aliphatic heterocycles. The molecule has 0 aromatic heterocycles. The predicted octanol–water partition coefficient (Wildman–Crippen LogP) is 4.33. The molecule has 1 aliphatic rings. The van der Waals surface area contributed by atoms with Crippen LogP contribution in [-0.4, -0.2) is 13.1 Å². The summed E-state index contributed by atoms with van der Waals surface area (Å²) in [6, 6.07) is 7.03. The third kappa shape index (κ3) is 3.72. The van der Waals surface area contributed by atoms with Crippen LogP contribution in [0.3, 0.4) is 0 Å². The second-order valence-electron chi connectivity index (χ2n) is 4.85. The Morgan fingerprint density at radius 2 is 1.82 bits per heavy atom. The van der Waals surface area contributed by atoms with Gasteiger partial charge in [-0.25, -0.2) is 4.39 Å². The van der Waals surface area contributed by atoms with Gasteiger partial charge in [-0.05, 0) is 30.4 Å².